The van der Waals surface area contributed by atoms with Gasteiger partial charge < -0.3 is 0 Å². The average Bonchev–Trinajstić information content (AvgIpc) is 3.10. The molecular formula is C32H21Br. The summed E-state index contributed by atoms with van der Waals surface area (Å²) in [5.74, 6) is 0. The molecule has 156 valence electrons. The second-order valence-corrected chi connectivity index (χ2v) is 10.0. The van der Waals surface area contributed by atoms with Crippen LogP contribution >= 0.6 is 15.9 Å². The van der Waals surface area contributed by atoms with Crippen LogP contribution in [0.5, 0.6) is 0 Å². The van der Waals surface area contributed by atoms with E-state index in [9.17, 15) is 0 Å². The standard InChI is InChI=1S/C32H21Br/c1-20-14-16-26-22-8-2-3-9-23(22)27-17-15-21(33)19-31(27)32(30(26)18-20)28-12-6-4-10-24(28)25-11-5-7-13-29(25)32/h2-19H,1H3. The van der Waals surface area contributed by atoms with Crippen molar-refractivity contribution in [3.8, 4) is 33.4 Å². The highest BCUT2D eigenvalue weighted by atomic mass is 79.9. The molecule has 5 aromatic carbocycles. The highest BCUT2D eigenvalue weighted by Gasteiger charge is 2.49. The number of hydrogen-bond donors (Lipinski definition) is 0. The van der Waals surface area contributed by atoms with Crippen molar-refractivity contribution >= 4 is 15.9 Å². The lowest BCUT2D eigenvalue weighted by Crippen LogP contribution is -2.29. The molecule has 0 aromatic heterocycles. The van der Waals surface area contributed by atoms with E-state index < -0.39 is 0 Å². The molecule has 1 spiro atoms. The monoisotopic (exact) mass is 484 g/mol. The van der Waals surface area contributed by atoms with Gasteiger partial charge in [-0.2, -0.15) is 0 Å². The van der Waals surface area contributed by atoms with Gasteiger partial charge in [-0.25, -0.2) is 0 Å². The van der Waals surface area contributed by atoms with Crippen LogP contribution in [0.1, 0.15) is 27.8 Å². The van der Waals surface area contributed by atoms with Crippen molar-refractivity contribution in [2.45, 2.75) is 12.3 Å². The molecular weight excluding hydrogens is 464 g/mol. The Morgan fingerprint density at radius 3 is 1.52 bits per heavy atom. The quantitative estimate of drug-likeness (QED) is 0.201. The Balaban J connectivity index is 1.79. The summed E-state index contributed by atoms with van der Waals surface area (Å²) in [5.41, 5.74) is 14.2. The molecule has 33 heavy (non-hydrogen) atoms. The number of fused-ring (bicyclic) bond motifs is 12. The SMILES string of the molecule is Cc1ccc2c(c1)C1(c3cc(Br)ccc3-c3ccccc3-2)c2ccccc2-c2ccccc21. The molecule has 0 unspecified atom stereocenters. The molecule has 0 amide bonds. The molecule has 0 nitrogen and oxygen atoms in total. The van der Waals surface area contributed by atoms with Crippen LogP contribution < -0.4 is 0 Å². The minimum Gasteiger partial charge on any atom is -0.0619 e. The van der Waals surface area contributed by atoms with Gasteiger partial charge in [-0.15, -0.1) is 0 Å². The number of halogens is 1. The first kappa shape index (κ1) is 19.1. The van der Waals surface area contributed by atoms with E-state index in [4.69, 9.17) is 0 Å². The molecule has 0 atom stereocenters. The van der Waals surface area contributed by atoms with E-state index in [0.717, 1.165) is 4.47 Å². The summed E-state index contributed by atoms with van der Waals surface area (Å²) in [5, 5.41) is 0. The van der Waals surface area contributed by atoms with Gasteiger partial charge in [-0.1, -0.05) is 119 Å². The van der Waals surface area contributed by atoms with Crippen LogP contribution in [-0.2, 0) is 5.41 Å². The first-order chi connectivity index (χ1) is 16.2. The van der Waals surface area contributed by atoms with Crippen molar-refractivity contribution < 1.29 is 0 Å². The second-order valence-electron chi connectivity index (χ2n) is 9.13. The number of rotatable bonds is 0. The molecule has 7 rings (SSSR count). The summed E-state index contributed by atoms with van der Waals surface area (Å²) in [7, 11) is 0. The summed E-state index contributed by atoms with van der Waals surface area (Å²) < 4.78 is 1.11. The second kappa shape index (κ2) is 6.79. The van der Waals surface area contributed by atoms with Gasteiger partial charge in [-0.3, -0.25) is 0 Å². The first-order valence-corrected chi connectivity index (χ1v) is 12.2. The fraction of sp³-hybridized carbons (Fsp3) is 0.0625. The predicted octanol–water partition coefficient (Wildman–Crippen LogP) is 8.77. The van der Waals surface area contributed by atoms with E-state index in [0.29, 0.717) is 0 Å². The Morgan fingerprint density at radius 2 is 0.909 bits per heavy atom. The van der Waals surface area contributed by atoms with Crippen molar-refractivity contribution in [1.82, 2.24) is 0 Å². The number of benzene rings is 5. The Labute approximate surface area is 202 Å². The Kier molecular flexibility index (Phi) is 3.93. The van der Waals surface area contributed by atoms with Crippen LogP contribution in [-0.4, -0.2) is 0 Å². The molecule has 0 N–H and O–H groups in total. The normalized spacial score (nSPS) is 14.0. The molecule has 0 radical (unpaired) electrons. The molecule has 2 aliphatic rings. The fourth-order valence-corrected chi connectivity index (χ4v) is 6.54. The van der Waals surface area contributed by atoms with Gasteiger partial charge in [0.1, 0.15) is 0 Å². The van der Waals surface area contributed by atoms with Crippen LogP contribution in [0.3, 0.4) is 0 Å². The zero-order chi connectivity index (χ0) is 22.2. The van der Waals surface area contributed by atoms with Crippen LogP contribution in [0, 0.1) is 6.92 Å². The smallest absolute Gasteiger partial charge is 0.0619 e. The molecule has 2 aliphatic carbocycles. The van der Waals surface area contributed by atoms with E-state index in [2.05, 4.69) is 132 Å². The van der Waals surface area contributed by atoms with Crippen molar-refractivity contribution in [3.63, 3.8) is 0 Å². The van der Waals surface area contributed by atoms with Gasteiger partial charge in [0.2, 0.25) is 0 Å². The topological polar surface area (TPSA) is 0 Å². The Morgan fingerprint density at radius 1 is 0.455 bits per heavy atom. The lowest BCUT2D eigenvalue weighted by Gasteiger charge is -2.35. The Bertz CT molecular complexity index is 1470. The highest BCUT2D eigenvalue weighted by molar-refractivity contribution is 9.10. The van der Waals surface area contributed by atoms with E-state index in [-0.39, 0.29) is 5.41 Å². The van der Waals surface area contributed by atoms with Crippen molar-refractivity contribution in [1.29, 1.82) is 0 Å². The average molecular weight is 485 g/mol. The van der Waals surface area contributed by atoms with Gasteiger partial charge in [0.15, 0.2) is 0 Å². The minimum atomic E-state index is -0.382. The third-order valence-corrected chi connectivity index (χ3v) is 7.92. The summed E-state index contributed by atoms with van der Waals surface area (Å²) in [6.07, 6.45) is 0. The van der Waals surface area contributed by atoms with Gasteiger partial charge in [0.05, 0.1) is 5.41 Å². The summed E-state index contributed by atoms with van der Waals surface area (Å²) in [6, 6.07) is 40.7. The van der Waals surface area contributed by atoms with E-state index in [1.807, 2.05) is 0 Å². The first-order valence-electron chi connectivity index (χ1n) is 11.4. The molecule has 0 saturated carbocycles. The molecule has 0 saturated heterocycles. The zero-order valence-electron chi connectivity index (χ0n) is 18.3. The van der Waals surface area contributed by atoms with Crippen molar-refractivity contribution in [3.05, 3.63) is 141 Å². The maximum Gasteiger partial charge on any atom is 0.0726 e. The summed E-state index contributed by atoms with van der Waals surface area (Å²) >= 11 is 3.82. The molecule has 5 aromatic rings. The highest BCUT2D eigenvalue weighted by Crippen LogP contribution is 2.61. The largest absolute Gasteiger partial charge is 0.0726 e. The fourth-order valence-electron chi connectivity index (χ4n) is 6.18. The van der Waals surface area contributed by atoms with E-state index >= 15 is 0 Å². The van der Waals surface area contributed by atoms with Gasteiger partial charge in [0, 0.05) is 4.47 Å². The predicted molar refractivity (Wildman–Crippen MR) is 141 cm³/mol. The van der Waals surface area contributed by atoms with Crippen LogP contribution in [0.2, 0.25) is 0 Å². The summed E-state index contributed by atoms with van der Waals surface area (Å²) in [4.78, 5) is 0. The summed E-state index contributed by atoms with van der Waals surface area (Å²) in [6.45, 7) is 2.21. The van der Waals surface area contributed by atoms with Gasteiger partial charge in [0.25, 0.3) is 0 Å². The van der Waals surface area contributed by atoms with E-state index in [1.165, 1.54) is 61.2 Å². The van der Waals surface area contributed by atoms with Gasteiger partial charge >= 0.3 is 0 Å². The molecule has 0 aliphatic heterocycles. The van der Waals surface area contributed by atoms with Gasteiger partial charge in [-0.05, 0) is 74.7 Å². The maximum atomic E-state index is 3.82. The molecule has 0 bridgehead atoms. The van der Waals surface area contributed by atoms with Crippen LogP contribution in [0.15, 0.2) is 114 Å². The molecule has 1 heteroatoms. The molecule has 0 heterocycles. The zero-order valence-corrected chi connectivity index (χ0v) is 19.9. The lowest BCUT2D eigenvalue weighted by molar-refractivity contribution is 0.773. The Hall–Kier alpha value is -3.42. The lowest BCUT2D eigenvalue weighted by atomic mass is 9.65. The van der Waals surface area contributed by atoms with Crippen molar-refractivity contribution in [2.24, 2.45) is 0 Å². The third-order valence-electron chi connectivity index (χ3n) is 7.42. The molecule has 0 fully saturated rings. The maximum absolute atomic E-state index is 3.82. The van der Waals surface area contributed by atoms with Crippen molar-refractivity contribution in [2.75, 3.05) is 0 Å². The number of aryl methyl sites for hydroxylation is 1. The van der Waals surface area contributed by atoms with Crippen LogP contribution in [0.25, 0.3) is 33.4 Å². The third kappa shape index (κ3) is 2.41. The minimum absolute atomic E-state index is 0.382. The van der Waals surface area contributed by atoms with E-state index in [1.54, 1.807) is 0 Å². The van der Waals surface area contributed by atoms with Crippen LogP contribution in [0.4, 0.5) is 0 Å². The number of hydrogen-bond acceptors (Lipinski definition) is 0.